The normalized spacial score (nSPS) is 24.6. The van der Waals surface area contributed by atoms with E-state index in [0.29, 0.717) is 13.1 Å². The van der Waals surface area contributed by atoms with E-state index in [1.165, 1.54) is 0 Å². The molecule has 0 aromatic rings. The van der Waals surface area contributed by atoms with Gasteiger partial charge in [0.2, 0.25) is 11.8 Å². The third-order valence-electron chi connectivity index (χ3n) is 3.69. The third-order valence-corrected chi connectivity index (χ3v) is 3.69. The van der Waals surface area contributed by atoms with Crippen LogP contribution in [0.5, 0.6) is 0 Å². The average Bonchev–Trinajstić information content (AvgIpc) is 2.85. The van der Waals surface area contributed by atoms with Gasteiger partial charge < -0.3 is 16.0 Å². The van der Waals surface area contributed by atoms with Gasteiger partial charge in [-0.05, 0) is 32.7 Å². The van der Waals surface area contributed by atoms with E-state index in [9.17, 15) is 9.59 Å². The molecule has 5 nitrogen and oxygen atoms in total. The molecule has 2 amide bonds. The molecule has 2 atom stereocenters. The van der Waals surface area contributed by atoms with E-state index >= 15 is 0 Å². The van der Waals surface area contributed by atoms with Crippen LogP contribution in [0.25, 0.3) is 0 Å². The fourth-order valence-electron chi connectivity index (χ4n) is 2.22. The van der Waals surface area contributed by atoms with Gasteiger partial charge in [-0.25, -0.2) is 0 Å². The molecule has 5 heteroatoms. The summed E-state index contributed by atoms with van der Waals surface area (Å²) < 4.78 is 0. The summed E-state index contributed by atoms with van der Waals surface area (Å²) in [4.78, 5) is 24.0. The fourth-order valence-corrected chi connectivity index (χ4v) is 2.22. The van der Waals surface area contributed by atoms with Crippen LogP contribution < -0.4 is 16.0 Å². The van der Waals surface area contributed by atoms with Crippen molar-refractivity contribution in [3.05, 3.63) is 0 Å². The first kappa shape index (κ1) is 15.0. The number of hydrogen-bond acceptors (Lipinski definition) is 3. The maximum atomic E-state index is 12.3. The molecule has 2 unspecified atom stereocenters. The number of carbonyl (C=O) groups is 2. The van der Waals surface area contributed by atoms with Gasteiger partial charge in [0.15, 0.2) is 0 Å². The Morgan fingerprint density at radius 1 is 1.39 bits per heavy atom. The number of amides is 2. The van der Waals surface area contributed by atoms with Crippen LogP contribution in [0.2, 0.25) is 0 Å². The smallest absolute Gasteiger partial charge is 0.242 e. The standard InChI is InChI=1S/C13H25N3O2/c1-4-7-15-11(17)10(3)16-12(18)13(5-2)6-8-14-9-13/h10,14H,4-9H2,1-3H3,(H,15,17)(H,16,18). The van der Waals surface area contributed by atoms with E-state index in [4.69, 9.17) is 0 Å². The third kappa shape index (κ3) is 3.45. The van der Waals surface area contributed by atoms with Gasteiger partial charge in [-0.15, -0.1) is 0 Å². The van der Waals surface area contributed by atoms with Crippen molar-refractivity contribution in [3.63, 3.8) is 0 Å². The largest absolute Gasteiger partial charge is 0.354 e. The van der Waals surface area contributed by atoms with Crippen molar-refractivity contribution in [3.8, 4) is 0 Å². The minimum absolute atomic E-state index is 0.00542. The van der Waals surface area contributed by atoms with Crippen LogP contribution >= 0.6 is 0 Å². The summed E-state index contributed by atoms with van der Waals surface area (Å²) in [5, 5.41) is 8.84. The Morgan fingerprint density at radius 3 is 2.61 bits per heavy atom. The fraction of sp³-hybridized carbons (Fsp3) is 0.846. The van der Waals surface area contributed by atoms with Crippen molar-refractivity contribution in [1.82, 2.24) is 16.0 Å². The van der Waals surface area contributed by atoms with Crippen LogP contribution in [0.4, 0.5) is 0 Å². The van der Waals surface area contributed by atoms with E-state index in [-0.39, 0.29) is 17.2 Å². The van der Waals surface area contributed by atoms with Crippen molar-refractivity contribution in [2.24, 2.45) is 5.41 Å². The lowest BCUT2D eigenvalue weighted by Crippen LogP contribution is -2.51. The van der Waals surface area contributed by atoms with Crippen LogP contribution in [0.15, 0.2) is 0 Å². The Hall–Kier alpha value is -1.10. The molecule has 1 aliphatic rings. The highest BCUT2D eigenvalue weighted by atomic mass is 16.2. The van der Waals surface area contributed by atoms with E-state index in [0.717, 1.165) is 25.8 Å². The molecule has 3 N–H and O–H groups in total. The number of carbonyl (C=O) groups excluding carboxylic acids is 2. The van der Waals surface area contributed by atoms with Crippen LogP contribution in [0, 0.1) is 5.41 Å². The SMILES string of the molecule is CCCNC(=O)C(C)NC(=O)C1(CC)CCNC1. The first-order valence-electron chi connectivity index (χ1n) is 6.85. The maximum absolute atomic E-state index is 12.3. The highest BCUT2D eigenvalue weighted by Crippen LogP contribution is 2.29. The molecule has 18 heavy (non-hydrogen) atoms. The summed E-state index contributed by atoms with van der Waals surface area (Å²) in [5.41, 5.74) is -0.334. The maximum Gasteiger partial charge on any atom is 0.242 e. The zero-order chi connectivity index (χ0) is 13.6. The molecule has 0 radical (unpaired) electrons. The summed E-state index contributed by atoms with van der Waals surface area (Å²) in [6.07, 6.45) is 2.54. The molecule has 1 heterocycles. The molecule has 1 aliphatic heterocycles. The minimum atomic E-state index is -0.465. The van der Waals surface area contributed by atoms with Gasteiger partial charge >= 0.3 is 0 Å². The zero-order valence-electron chi connectivity index (χ0n) is 11.6. The Balaban J connectivity index is 2.50. The predicted molar refractivity (Wildman–Crippen MR) is 71.1 cm³/mol. The van der Waals surface area contributed by atoms with Crippen molar-refractivity contribution in [2.45, 2.75) is 46.1 Å². The topological polar surface area (TPSA) is 70.2 Å². The van der Waals surface area contributed by atoms with E-state index in [2.05, 4.69) is 16.0 Å². The van der Waals surface area contributed by atoms with Gasteiger partial charge in [0, 0.05) is 13.1 Å². The van der Waals surface area contributed by atoms with Crippen LogP contribution in [0.1, 0.15) is 40.0 Å². The Labute approximate surface area is 109 Å². The van der Waals surface area contributed by atoms with Gasteiger partial charge in [0.25, 0.3) is 0 Å². The van der Waals surface area contributed by atoms with Crippen molar-refractivity contribution >= 4 is 11.8 Å². The first-order valence-corrected chi connectivity index (χ1v) is 6.85. The number of rotatable bonds is 6. The second-order valence-electron chi connectivity index (χ2n) is 5.05. The molecule has 0 bridgehead atoms. The molecule has 0 aromatic carbocycles. The lowest BCUT2D eigenvalue weighted by atomic mass is 9.83. The molecule has 1 rings (SSSR count). The highest BCUT2D eigenvalue weighted by molar-refractivity contribution is 5.90. The minimum Gasteiger partial charge on any atom is -0.354 e. The van der Waals surface area contributed by atoms with E-state index < -0.39 is 6.04 Å². The quantitative estimate of drug-likeness (QED) is 0.644. The summed E-state index contributed by atoms with van der Waals surface area (Å²) >= 11 is 0. The average molecular weight is 255 g/mol. The second-order valence-corrected chi connectivity index (χ2v) is 5.05. The Kier molecular flexibility index (Phi) is 5.59. The lowest BCUT2D eigenvalue weighted by molar-refractivity contribution is -0.134. The van der Waals surface area contributed by atoms with E-state index in [1.807, 2.05) is 13.8 Å². The molecule has 0 aliphatic carbocycles. The molecule has 104 valence electrons. The Bertz CT molecular complexity index is 299. The van der Waals surface area contributed by atoms with Crippen molar-refractivity contribution in [1.29, 1.82) is 0 Å². The van der Waals surface area contributed by atoms with Crippen molar-refractivity contribution < 1.29 is 9.59 Å². The van der Waals surface area contributed by atoms with Gasteiger partial charge in [0.05, 0.1) is 5.41 Å². The van der Waals surface area contributed by atoms with Crippen molar-refractivity contribution in [2.75, 3.05) is 19.6 Å². The lowest BCUT2D eigenvalue weighted by Gasteiger charge is -2.27. The summed E-state index contributed by atoms with van der Waals surface area (Å²) in [5.74, 6) is -0.114. The van der Waals surface area contributed by atoms with Crippen LogP contribution in [-0.4, -0.2) is 37.5 Å². The van der Waals surface area contributed by atoms with E-state index in [1.54, 1.807) is 6.92 Å². The molecule has 1 saturated heterocycles. The van der Waals surface area contributed by atoms with Gasteiger partial charge in [-0.1, -0.05) is 13.8 Å². The van der Waals surface area contributed by atoms with Gasteiger partial charge in [-0.3, -0.25) is 9.59 Å². The summed E-state index contributed by atoms with van der Waals surface area (Å²) in [6.45, 7) is 7.98. The first-order chi connectivity index (χ1) is 8.55. The zero-order valence-corrected chi connectivity index (χ0v) is 11.6. The molecule has 0 saturated carbocycles. The number of hydrogen-bond donors (Lipinski definition) is 3. The predicted octanol–water partition coefficient (Wildman–Crippen LogP) is 0.407. The van der Waals surface area contributed by atoms with Crippen LogP contribution in [-0.2, 0) is 9.59 Å². The summed E-state index contributed by atoms with van der Waals surface area (Å²) in [6, 6.07) is -0.465. The molecular formula is C13H25N3O2. The van der Waals surface area contributed by atoms with Gasteiger partial charge in [0.1, 0.15) is 6.04 Å². The highest BCUT2D eigenvalue weighted by Gasteiger charge is 2.40. The molecule has 0 aromatic heterocycles. The Morgan fingerprint density at radius 2 is 2.11 bits per heavy atom. The van der Waals surface area contributed by atoms with Crippen LogP contribution in [0.3, 0.4) is 0 Å². The summed E-state index contributed by atoms with van der Waals surface area (Å²) in [7, 11) is 0. The molecule has 0 spiro atoms. The second kappa shape index (κ2) is 6.73. The monoisotopic (exact) mass is 255 g/mol. The molecular weight excluding hydrogens is 230 g/mol. The van der Waals surface area contributed by atoms with Gasteiger partial charge in [-0.2, -0.15) is 0 Å². The number of nitrogens with one attached hydrogen (secondary N) is 3. The molecule has 1 fully saturated rings.